The van der Waals surface area contributed by atoms with Gasteiger partial charge in [0, 0.05) is 12.4 Å². The normalized spacial score (nSPS) is 13.7. The lowest BCUT2D eigenvalue weighted by molar-refractivity contribution is 0.128. The summed E-state index contributed by atoms with van der Waals surface area (Å²) >= 11 is 5.60. The number of aliphatic hydroxyl groups is 1. The third-order valence-electron chi connectivity index (χ3n) is 2.94. The van der Waals surface area contributed by atoms with Crippen LogP contribution >= 0.6 is 11.6 Å². The van der Waals surface area contributed by atoms with E-state index in [-0.39, 0.29) is 0 Å². The Morgan fingerprint density at radius 2 is 1.50 bits per heavy atom. The monoisotopic (exact) mass is 250 g/mol. The van der Waals surface area contributed by atoms with Gasteiger partial charge in [-0.15, -0.1) is 11.6 Å². The Labute approximate surface area is 105 Å². The number of likely N-dealkylation sites (N-methyl/N-ethyl adjacent to an activating group) is 1. The van der Waals surface area contributed by atoms with Crippen molar-refractivity contribution in [2.24, 2.45) is 0 Å². The molecule has 0 saturated carbocycles. The molecule has 1 N–H and O–H groups in total. The summed E-state index contributed by atoms with van der Waals surface area (Å²) in [6.07, 6.45) is 0.764. The van der Waals surface area contributed by atoms with Gasteiger partial charge >= 0.3 is 0 Å². The van der Waals surface area contributed by atoms with E-state index >= 15 is 0 Å². The summed E-state index contributed by atoms with van der Waals surface area (Å²) in [6.45, 7) is 12.6. The van der Waals surface area contributed by atoms with Crippen molar-refractivity contribution >= 4 is 11.6 Å². The molecule has 0 heterocycles. The molecule has 0 spiro atoms. The summed E-state index contributed by atoms with van der Waals surface area (Å²) in [5, 5.41) is 9.48. The van der Waals surface area contributed by atoms with Crippen LogP contribution in [0.2, 0.25) is 0 Å². The van der Waals surface area contributed by atoms with Crippen molar-refractivity contribution in [3.63, 3.8) is 0 Å². The molecule has 0 radical (unpaired) electrons. The van der Waals surface area contributed by atoms with Crippen LogP contribution in [-0.4, -0.2) is 66.2 Å². The molecular weight excluding hydrogens is 224 g/mol. The number of aliphatic hydroxyl groups excluding tert-OH is 1. The second-order valence-corrected chi connectivity index (χ2v) is 4.39. The second-order valence-electron chi connectivity index (χ2n) is 4.08. The third kappa shape index (κ3) is 7.44. The molecule has 0 aliphatic rings. The van der Waals surface area contributed by atoms with Crippen LogP contribution in [-0.2, 0) is 0 Å². The highest BCUT2D eigenvalue weighted by molar-refractivity contribution is 6.18. The quantitative estimate of drug-likeness (QED) is 0.598. The van der Waals surface area contributed by atoms with Gasteiger partial charge in [-0.1, -0.05) is 20.8 Å². The van der Waals surface area contributed by atoms with E-state index in [1.54, 1.807) is 0 Å². The van der Waals surface area contributed by atoms with E-state index < -0.39 is 6.10 Å². The summed E-state index contributed by atoms with van der Waals surface area (Å²) in [5.41, 5.74) is 0. The minimum absolute atomic E-state index is 0.326. The fraction of sp³-hybridized carbons (Fsp3) is 1.00. The van der Waals surface area contributed by atoms with E-state index in [4.69, 9.17) is 11.6 Å². The Bertz CT molecular complexity index is 154. The van der Waals surface area contributed by atoms with Crippen molar-refractivity contribution < 1.29 is 5.11 Å². The van der Waals surface area contributed by atoms with Gasteiger partial charge in [0.05, 0.1) is 6.10 Å². The number of alkyl halides is 1. The van der Waals surface area contributed by atoms with Gasteiger partial charge in [0.25, 0.3) is 0 Å². The van der Waals surface area contributed by atoms with Crippen molar-refractivity contribution in [1.29, 1.82) is 0 Å². The molecule has 0 bridgehead atoms. The summed E-state index contributed by atoms with van der Waals surface area (Å²) < 4.78 is 0. The summed E-state index contributed by atoms with van der Waals surface area (Å²) in [7, 11) is 0. The molecule has 16 heavy (non-hydrogen) atoms. The Kier molecular flexibility index (Phi) is 10.4. The van der Waals surface area contributed by atoms with E-state index in [1.165, 1.54) is 0 Å². The maximum Gasteiger partial charge on any atom is 0.0802 e. The zero-order chi connectivity index (χ0) is 12.4. The lowest BCUT2D eigenvalue weighted by atomic mass is 10.3. The molecule has 0 rings (SSSR count). The van der Waals surface area contributed by atoms with Crippen molar-refractivity contribution in [3.05, 3.63) is 0 Å². The first kappa shape index (κ1) is 16.2. The Morgan fingerprint density at radius 1 is 1.00 bits per heavy atom. The summed E-state index contributed by atoms with van der Waals surface area (Å²) in [5.74, 6) is 0.326. The minimum Gasteiger partial charge on any atom is -0.391 e. The fourth-order valence-corrected chi connectivity index (χ4v) is 1.88. The van der Waals surface area contributed by atoms with Crippen LogP contribution < -0.4 is 0 Å². The van der Waals surface area contributed by atoms with Gasteiger partial charge < -0.3 is 14.9 Å². The van der Waals surface area contributed by atoms with Gasteiger partial charge in [-0.2, -0.15) is 0 Å². The highest BCUT2D eigenvalue weighted by Crippen LogP contribution is 1.98. The average molecular weight is 251 g/mol. The average Bonchev–Trinajstić information content (AvgIpc) is 2.32. The van der Waals surface area contributed by atoms with Crippen LogP contribution in [0.25, 0.3) is 0 Å². The van der Waals surface area contributed by atoms with Crippen molar-refractivity contribution in [2.75, 3.05) is 45.1 Å². The van der Waals surface area contributed by atoms with Crippen molar-refractivity contribution in [1.82, 2.24) is 9.80 Å². The van der Waals surface area contributed by atoms with E-state index in [0.717, 1.165) is 39.1 Å². The maximum absolute atomic E-state index is 9.48. The van der Waals surface area contributed by atoms with Gasteiger partial charge in [-0.05, 0) is 39.1 Å². The van der Waals surface area contributed by atoms with Crippen LogP contribution in [0.5, 0.6) is 0 Å². The van der Waals surface area contributed by atoms with E-state index in [1.807, 2.05) is 0 Å². The lowest BCUT2D eigenvalue weighted by Crippen LogP contribution is -2.35. The molecule has 0 amide bonds. The van der Waals surface area contributed by atoms with Gasteiger partial charge in [0.15, 0.2) is 0 Å². The largest absolute Gasteiger partial charge is 0.391 e. The first-order valence-electron chi connectivity index (χ1n) is 6.36. The zero-order valence-corrected chi connectivity index (χ0v) is 11.7. The number of halogens is 1. The maximum atomic E-state index is 9.48. The highest BCUT2D eigenvalue weighted by Gasteiger charge is 2.09. The Morgan fingerprint density at radius 3 is 1.94 bits per heavy atom. The smallest absolute Gasteiger partial charge is 0.0802 e. The zero-order valence-electron chi connectivity index (χ0n) is 11.0. The summed E-state index contributed by atoms with van der Waals surface area (Å²) in [4.78, 5) is 4.68. The first-order valence-corrected chi connectivity index (χ1v) is 6.90. The fourth-order valence-electron chi connectivity index (χ4n) is 1.78. The third-order valence-corrected chi connectivity index (χ3v) is 3.29. The predicted octanol–water partition coefficient (Wildman–Crippen LogP) is 1.64. The molecule has 3 nitrogen and oxygen atoms in total. The van der Waals surface area contributed by atoms with Crippen LogP contribution in [0.1, 0.15) is 27.2 Å². The molecule has 0 fully saturated rings. The molecule has 0 aliphatic carbocycles. The molecule has 0 aromatic carbocycles. The van der Waals surface area contributed by atoms with Gasteiger partial charge in [-0.25, -0.2) is 0 Å². The Balaban J connectivity index is 3.69. The van der Waals surface area contributed by atoms with Crippen LogP contribution in [0.15, 0.2) is 0 Å². The molecule has 1 unspecified atom stereocenters. The van der Waals surface area contributed by atoms with Crippen LogP contribution in [0.3, 0.4) is 0 Å². The second kappa shape index (κ2) is 10.3. The van der Waals surface area contributed by atoms with E-state index in [9.17, 15) is 5.11 Å². The molecule has 0 aromatic rings. The Hall–Kier alpha value is 0.170. The van der Waals surface area contributed by atoms with Crippen molar-refractivity contribution in [3.8, 4) is 0 Å². The van der Waals surface area contributed by atoms with E-state index in [0.29, 0.717) is 12.4 Å². The summed E-state index contributed by atoms with van der Waals surface area (Å²) in [6, 6.07) is 0. The lowest BCUT2D eigenvalue weighted by Gasteiger charge is -2.24. The molecule has 0 aliphatic heterocycles. The first-order chi connectivity index (χ1) is 7.67. The number of hydrogen-bond donors (Lipinski definition) is 1. The predicted molar refractivity (Wildman–Crippen MR) is 71.2 cm³/mol. The highest BCUT2D eigenvalue weighted by atomic mass is 35.5. The molecule has 98 valence electrons. The molecular formula is C12H27ClN2O. The standard InChI is InChI=1S/C12H27ClN2O/c1-4-14(5-2)8-7-9-15(6-3)11-12(16)10-13/h12,16H,4-11H2,1-3H3. The van der Waals surface area contributed by atoms with Crippen LogP contribution in [0, 0.1) is 0 Å². The number of nitrogens with zero attached hydrogens (tertiary/aromatic N) is 2. The molecule has 0 saturated heterocycles. The molecule has 4 heteroatoms. The van der Waals surface area contributed by atoms with Crippen molar-refractivity contribution in [2.45, 2.75) is 33.3 Å². The number of hydrogen-bond acceptors (Lipinski definition) is 3. The number of rotatable bonds is 10. The van der Waals surface area contributed by atoms with E-state index in [2.05, 4.69) is 30.6 Å². The molecule has 1 atom stereocenters. The minimum atomic E-state index is -0.393. The van der Waals surface area contributed by atoms with Gasteiger partial charge in [0.2, 0.25) is 0 Å². The van der Waals surface area contributed by atoms with Crippen LogP contribution in [0.4, 0.5) is 0 Å². The SMILES string of the molecule is CCN(CC)CCCN(CC)CC(O)CCl. The van der Waals surface area contributed by atoms with Gasteiger partial charge in [0.1, 0.15) is 0 Å². The topological polar surface area (TPSA) is 26.7 Å². The van der Waals surface area contributed by atoms with Gasteiger partial charge in [-0.3, -0.25) is 0 Å². The molecule has 0 aromatic heterocycles.